The summed E-state index contributed by atoms with van der Waals surface area (Å²) in [6.45, 7) is 5.34. The monoisotopic (exact) mass is 249 g/mol. The van der Waals surface area contributed by atoms with E-state index in [1.165, 1.54) is 63.6 Å². The van der Waals surface area contributed by atoms with Crippen LogP contribution in [0.1, 0.15) is 82.3 Å². The highest BCUT2D eigenvalue weighted by molar-refractivity contribution is 5.00. The zero-order valence-corrected chi connectivity index (χ0v) is 12.0. The summed E-state index contributed by atoms with van der Waals surface area (Å²) in [5.41, 5.74) is 0. The molecule has 1 aliphatic carbocycles. The molecule has 0 amide bonds. The van der Waals surface area contributed by atoms with Crippen LogP contribution in [0.25, 0.3) is 0 Å². The molecule has 1 aliphatic rings. The molecule has 1 aromatic rings. The molecule has 1 aromatic heterocycles. The van der Waals surface area contributed by atoms with Gasteiger partial charge in [0.05, 0.1) is 0 Å². The molecular formula is C15H27N3. The number of rotatable bonds is 6. The quantitative estimate of drug-likeness (QED) is 0.707. The Morgan fingerprint density at radius 3 is 2.61 bits per heavy atom. The lowest BCUT2D eigenvalue weighted by atomic mass is 9.88. The van der Waals surface area contributed by atoms with E-state index in [1.807, 2.05) is 6.92 Å². The van der Waals surface area contributed by atoms with Gasteiger partial charge in [-0.05, 0) is 26.2 Å². The van der Waals surface area contributed by atoms with Crippen LogP contribution in [-0.4, -0.2) is 14.8 Å². The molecule has 0 aliphatic heterocycles. The normalized spacial score (nSPS) is 17.2. The summed E-state index contributed by atoms with van der Waals surface area (Å²) < 4.78 is 2.20. The van der Waals surface area contributed by atoms with E-state index < -0.39 is 0 Å². The zero-order valence-electron chi connectivity index (χ0n) is 12.0. The molecule has 0 bridgehead atoms. The Hall–Kier alpha value is -0.860. The Morgan fingerprint density at radius 2 is 1.89 bits per heavy atom. The third-order valence-electron chi connectivity index (χ3n) is 4.00. The van der Waals surface area contributed by atoms with Crippen LogP contribution in [0.15, 0.2) is 0 Å². The number of unbranched alkanes of at least 4 members (excludes halogenated alkanes) is 3. The van der Waals surface area contributed by atoms with Gasteiger partial charge in [0.1, 0.15) is 11.6 Å². The fraction of sp³-hybridized carbons (Fsp3) is 0.867. The molecule has 0 spiro atoms. The van der Waals surface area contributed by atoms with Crippen molar-refractivity contribution in [3.05, 3.63) is 11.6 Å². The minimum atomic E-state index is 0.672. The highest BCUT2D eigenvalue weighted by atomic mass is 15.3. The van der Waals surface area contributed by atoms with Crippen molar-refractivity contribution in [3.63, 3.8) is 0 Å². The van der Waals surface area contributed by atoms with Gasteiger partial charge in [0.2, 0.25) is 0 Å². The second-order valence-electron chi connectivity index (χ2n) is 5.64. The lowest BCUT2D eigenvalue weighted by Crippen LogP contribution is -2.13. The van der Waals surface area contributed by atoms with Crippen molar-refractivity contribution in [3.8, 4) is 0 Å². The van der Waals surface area contributed by atoms with E-state index in [-0.39, 0.29) is 0 Å². The van der Waals surface area contributed by atoms with Gasteiger partial charge in [-0.25, -0.2) is 9.67 Å². The van der Waals surface area contributed by atoms with Gasteiger partial charge >= 0.3 is 0 Å². The minimum Gasteiger partial charge on any atom is -0.250 e. The van der Waals surface area contributed by atoms with Crippen LogP contribution in [0.5, 0.6) is 0 Å². The average molecular weight is 249 g/mol. The van der Waals surface area contributed by atoms with Crippen molar-refractivity contribution >= 4 is 0 Å². The molecule has 0 aromatic carbocycles. The van der Waals surface area contributed by atoms with Crippen LogP contribution in [0.2, 0.25) is 0 Å². The second-order valence-corrected chi connectivity index (χ2v) is 5.64. The lowest BCUT2D eigenvalue weighted by Gasteiger charge is -2.21. The van der Waals surface area contributed by atoms with Crippen LogP contribution in [-0.2, 0) is 6.54 Å². The number of aryl methyl sites for hydroxylation is 2. The number of hydrogen-bond acceptors (Lipinski definition) is 2. The Kier molecular flexibility index (Phi) is 5.21. The summed E-state index contributed by atoms with van der Waals surface area (Å²) in [6, 6.07) is 0. The first-order chi connectivity index (χ1) is 8.81. The maximum Gasteiger partial charge on any atom is 0.147 e. The van der Waals surface area contributed by atoms with Gasteiger partial charge in [-0.3, -0.25) is 0 Å². The summed E-state index contributed by atoms with van der Waals surface area (Å²) in [6.07, 6.45) is 12.0. The second kappa shape index (κ2) is 6.91. The minimum absolute atomic E-state index is 0.672. The topological polar surface area (TPSA) is 30.7 Å². The summed E-state index contributed by atoms with van der Waals surface area (Å²) in [4.78, 5) is 4.69. The third-order valence-corrected chi connectivity index (χ3v) is 4.00. The van der Waals surface area contributed by atoms with Gasteiger partial charge in [0, 0.05) is 12.5 Å². The van der Waals surface area contributed by atoms with Gasteiger partial charge < -0.3 is 0 Å². The molecule has 0 radical (unpaired) electrons. The Labute approximate surface area is 111 Å². The SMILES string of the molecule is CCCCCCn1nc(C)nc1C1CCCCC1. The zero-order chi connectivity index (χ0) is 12.8. The van der Waals surface area contributed by atoms with E-state index in [1.54, 1.807) is 0 Å². The largest absolute Gasteiger partial charge is 0.250 e. The van der Waals surface area contributed by atoms with Crippen molar-refractivity contribution in [1.82, 2.24) is 14.8 Å². The molecule has 1 saturated carbocycles. The van der Waals surface area contributed by atoms with Crippen molar-refractivity contribution < 1.29 is 0 Å². The van der Waals surface area contributed by atoms with Crippen molar-refractivity contribution in [1.29, 1.82) is 0 Å². The van der Waals surface area contributed by atoms with Crippen molar-refractivity contribution in [2.75, 3.05) is 0 Å². The number of hydrogen-bond donors (Lipinski definition) is 0. The summed E-state index contributed by atoms with van der Waals surface area (Å²) in [5, 5.41) is 4.59. The smallest absolute Gasteiger partial charge is 0.147 e. The van der Waals surface area contributed by atoms with E-state index >= 15 is 0 Å². The Bertz CT molecular complexity index is 351. The van der Waals surface area contributed by atoms with Gasteiger partial charge in [0.25, 0.3) is 0 Å². The van der Waals surface area contributed by atoms with Crippen LogP contribution < -0.4 is 0 Å². The summed E-state index contributed by atoms with van der Waals surface area (Å²) in [5.74, 6) is 2.89. The maximum absolute atomic E-state index is 4.69. The first-order valence-electron chi connectivity index (χ1n) is 7.72. The molecule has 1 fully saturated rings. The van der Waals surface area contributed by atoms with Crippen LogP contribution >= 0.6 is 0 Å². The van der Waals surface area contributed by atoms with Gasteiger partial charge in [0.15, 0.2) is 0 Å². The molecule has 0 unspecified atom stereocenters. The van der Waals surface area contributed by atoms with Crippen molar-refractivity contribution in [2.45, 2.75) is 84.1 Å². The first-order valence-corrected chi connectivity index (χ1v) is 7.72. The van der Waals surface area contributed by atoms with E-state index in [0.29, 0.717) is 5.92 Å². The fourth-order valence-electron chi connectivity index (χ4n) is 2.99. The van der Waals surface area contributed by atoms with Crippen LogP contribution in [0, 0.1) is 6.92 Å². The lowest BCUT2D eigenvalue weighted by molar-refractivity contribution is 0.402. The van der Waals surface area contributed by atoms with E-state index in [4.69, 9.17) is 0 Å². The molecule has 0 atom stereocenters. The van der Waals surface area contributed by atoms with Gasteiger partial charge in [-0.2, -0.15) is 5.10 Å². The highest BCUT2D eigenvalue weighted by Crippen LogP contribution is 2.31. The van der Waals surface area contributed by atoms with E-state index in [2.05, 4.69) is 21.7 Å². The van der Waals surface area contributed by atoms with E-state index in [9.17, 15) is 0 Å². The Morgan fingerprint density at radius 1 is 1.11 bits per heavy atom. The predicted octanol–water partition coefficient (Wildman–Crippen LogP) is 4.21. The van der Waals surface area contributed by atoms with E-state index in [0.717, 1.165) is 12.4 Å². The third kappa shape index (κ3) is 3.56. The molecule has 0 N–H and O–H groups in total. The average Bonchev–Trinajstić information content (AvgIpc) is 2.77. The summed E-state index contributed by atoms with van der Waals surface area (Å²) >= 11 is 0. The van der Waals surface area contributed by atoms with Crippen LogP contribution in [0.4, 0.5) is 0 Å². The molecule has 102 valence electrons. The summed E-state index contributed by atoms with van der Waals surface area (Å²) in [7, 11) is 0. The van der Waals surface area contributed by atoms with Gasteiger partial charge in [-0.1, -0.05) is 45.4 Å². The molecule has 3 nitrogen and oxygen atoms in total. The number of nitrogens with zero attached hydrogens (tertiary/aromatic N) is 3. The predicted molar refractivity (Wildman–Crippen MR) is 74.7 cm³/mol. The molecule has 18 heavy (non-hydrogen) atoms. The standard InChI is InChI=1S/C15H27N3/c1-3-4-5-9-12-18-15(16-13(2)17-18)14-10-7-6-8-11-14/h14H,3-12H2,1-2H3. The molecule has 3 heteroatoms. The molecule has 2 rings (SSSR count). The maximum atomic E-state index is 4.69. The molecule has 1 heterocycles. The fourth-order valence-corrected chi connectivity index (χ4v) is 2.99. The Balaban J connectivity index is 1.95. The van der Waals surface area contributed by atoms with Crippen molar-refractivity contribution in [2.24, 2.45) is 0 Å². The first kappa shape index (κ1) is 13.6. The molecule has 0 saturated heterocycles. The molecular weight excluding hydrogens is 222 g/mol. The highest BCUT2D eigenvalue weighted by Gasteiger charge is 2.21. The van der Waals surface area contributed by atoms with Crippen LogP contribution in [0.3, 0.4) is 0 Å². The number of aromatic nitrogens is 3. The van der Waals surface area contributed by atoms with Gasteiger partial charge in [-0.15, -0.1) is 0 Å².